The number of fused-ring (bicyclic) bond motifs is 3. The van der Waals surface area contributed by atoms with E-state index in [-0.39, 0.29) is 18.4 Å². The van der Waals surface area contributed by atoms with Crippen molar-refractivity contribution in [1.82, 2.24) is 4.90 Å². The number of phenols is 1. The molecule has 35 heavy (non-hydrogen) atoms. The van der Waals surface area contributed by atoms with Crippen LogP contribution >= 0.6 is 0 Å². The van der Waals surface area contributed by atoms with Crippen molar-refractivity contribution < 1.29 is 33.5 Å². The third-order valence-corrected chi connectivity index (χ3v) is 7.25. The summed E-state index contributed by atoms with van der Waals surface area (Å²) >= 11 is 0. The number of allylic oxidation sites excluding steroid dienone is 1. The van der Waals surface area contributed by atoms with Crippen molar-refractivity contribution in [2.75, 3.05) is 13.2 Å². The lowest BCUT2D eigenvalue weighted by molar-refractivity contribution is -0.140. The van der Waals surface area contributed by atoms with Crippen molar-refractivity contribution in [3.63, 3.8) is 0 Å². The average Bonchev–Trinajstić information content (AvgIpc) is 3.09. The van der Waals surface area contributed by atoms with Gasteiger partial charge in [0.05, 0.1) is 17.9 Å². The van der Waals surface area contributed by atoms with Crippen LogP contribution in [0.1, 0.15) is 37.9 Å². The number of likely N-dealkylation sites (tertiary alicyclic amines) is 1. The second kappa shape index (κ2) is 9.47. The Morgan fingerprint density at radius 2 is 1.91 bits per heavy atom. The second-order valence-corrected chi connectivity index (χ2v) is 9.36. The number of rotatable bonds is 6. The van der Waals surface area contributed by atoms with Crippen LogP contribution in [-0.2, 0) is 14.2 Å². The van der Waals surface area contributed by atoms with Crippen LogP contribution in [0.25, 0.3) is 0 Å². The van der Waals surface area contributed by atoms with Crippen LogP contribution in [0.3, 0.4) is 0 Å². The van der Waals surface area contributed by atoms with Gasteiger partial charge in [0.15, 0.2) is 11.6 Å². The lowest BCUT2D eigenvalue weighted by atomic mass is 9.55. The molecular weight excluding hydrogens is 452 g/mol. The summed E-state index contributed by atoms with van der Waals surface area (Å²) in [5, 5.41) is 20.6. The maximum absolute atomic E-state index is 14.1. The van der Waals surface area contributed by atoms with Gasteiger partial charge >= 0.3 is 7.12 Å². The van der Waals surface area contributed by atoms with Crippen LogP contribution in [0.15, 0.2) is 59.6 Å². The summed E-state index contributed by atoms with van der Waals surface area (Å²) in [6.07, 6.45) is 0.568. The van der Waals surface area contributed by atoms with Crippen molar-refractivity contribution in [2.24, 2.45) is 17.8 Å². The largest absolute Gasteiger partial charge is 0.505 e. The van der Waals surface area contributed by atoms with Gasteiger partial charge in [0.25, 0.3) is 0 Å². The molecule has 0 bridgehead atoms. The minimum Gasteiger partial charge on any atom is -0.505 e. The first-order valence-corrected chi connectivity index (χ1v) is 12.0. The fourth-order valence-electron chi connectivity index (χ4n) is 5.68. The first-order valence-electron chi connectivity index (χ1n) is 12.0. The molecule has 5 rings (SSSR count). The Morgan fingerprint density at radius 1 is 1.14 bits per heavy atom. The number of amides is 2. The van der Waals surface area contributed by atoms with Crippen LogP contribution in [-0.4, -0.2) is 47.1 Å². The molecule has 4 atom stereocenters. The lowest BCUT2D eigenvalue weighted by Crippen LogP contribution is -2.45. The molecule has 0 saturated carbocycles. The first-order chi connectivity index (χ1) is 16.9. The molecule has 9 heteroatoms. The normalized spacial score (nSPS) is 26.1. The maximum atomic E-state index is 14.1. The average molecular weight is 479 g/mol. The van der Waals surface area contributed by atoms with E-state index in [1.54, 1.807) is 0 Å². The van der Waals surface area contributed by atoms with Gasteiger partial charge < -0.3 is 19.5 Å². The molecule has 2 saturated heterocycles. The number of nitrogens with zero attached hydrogens (tertiary/aromatic N) is 1. The van der Waals surface area contributed by atoms with Gasteiger partial charge in [0, 0.05) is 6.54 Å². The summed E-state index contributed by atoms with van der Waals surface area (Å²) in [5.74, 6) is -2.61. The van der Waals surface area contributed by atoms with E-state index in [2.05, 4.69) is 0 Å². The predicted molar refractivity (Wildman–Crippen MR) is 126 cm³/mol. The van der Waals surface area contributed by atoms with Gasteiger partial charge in [0.2, 0.25) is 11.8 Å². The molecule has 1 aliphatic carbocycles. The van der Waals surface area contributed by atoms with Crippen molar-refractivity contribution in [2.45, 2.75) is 32.3 Å². The maximum Gasteiger partial charge on any atom is 0.487 e. The highest BCUT2D eigenvalue weighted by Crippen LogP contribution is 2.51. The molecular formula is C26H27BFNO6. The van der Waals surface area contributed by atoms with Crippen molar-refractivity contribution in [3.05, 3.63) is 71.0 Å². The number of benzene rings is 2. The second-order valence-electron chi connectivity index (χ2n) is 9.36. The number of ether oxygens (including phenoxy) is 1. The molecule has 2 fully saturated rings. The van der Waals surface area contributed by atoms with Gasteiger partial charge in [-0.1, -0.05) is 31.2 Å². The summed E-state index contributed by atoms with van der Waals surface area (Å²) in [4.78, 5) is 27.9. The molecule has 182 valence electrons. The van der Waals surface area contributed by atoms with E-state index in [9.17, 15) is 24.1 Å². The zero-order valence-electron chi connectivity index (χ0n) is 19.4. The highest BCUT2D eigenvalue weighted by atomic mass is 19.1. The third-order valence-electron chi connectivity index (χ3n) is 7.25. The van der Waals surface area contributed by atoms with Crippen LogP contribution in [0.4, 0.5) is 4.39 Å². The molecule has 3 aliphatic rings. The van der Waals surface area contributed by atoms with Crippen molar-refractivity contribution in [1.29, 1.82) is 0 Å². The minimum absolute atomic E-state index is 0.160. The third kappa shape index (κ3) is 4.23. The summed E-state index contributed by atoms with van der Waals surface area (Å²) in [5.41, 5.74) is 1.78. The van der Waals surface area contributed by atoms with Gasteiger partial charge in [-0.05, 0) is 66.1 Å². The topological polar surface area (TPSA) is 96.3 Å². The molecule has 2 aromatic carbocycles. The Morgan fingerprint density at radius 3 is 2.63 bits per heavy atom. The van der Waals surface area contributed by atoms with E-state index in [1.165, 1.54) is 23.1 Å². The lowest BCUT2D eigenvalue weighted by Gasteiger charge is -2.42. The molecule has 2 heterocycles. The van der Waals surface area contributed by atoms with E-state index in [0.717, 1.165) is 5.57 Å². The monoisotopic (exact) mass is 479 g/mol. The van der Waals surface area contributed by atoms with Crippen LogP contribution in [0, 0.1) is 23.6 Å². The number of aromatic hydroxyl groups is 1. The molecule has 2 N–H and O–H groups in total. The van der Waals surface area contributed by atoms with E-state index >= 15 is 0 Å². The highest BCUT2D eigenvalue weighted by molar-refractivity contribution is 6.53. The number of para-hydroxylation sites is 1. The first kappa shape index (κ1) is 23.6. The number of phenolic OH excluding ortho intramolecular Hbond substituents is 1. The number of hydrogen-bond acceptors (Lipinski definition) is 6. The number of carbonyl (C=O) groups excluding carboxylic acids is 2. The highest BCUT2D eigenvalue weighted by Gasteiger charge is 2.57. The van der Waals surface area contributed by atoms with Gasteiger partial charge in [-0.3, -0.25) is 14.5 Å². The van der Waals surface area contributed by atoms with Crippen molar-refractivity contribution >= 4 is 18.9 Å². The fraction of sp³-hybridized carbons (Fsp3) is 0.385. The Kier molecular flexibility index (Phi) is 6.38. The summed E-state index contributed by atoms with van der Waals surface area (Å²) in [7, 11) is -1.32. The molecule has 0 radical (unpaired) electrons. The molecule has 7 nitrogen and oxygen atoms in total. The Bertz CT molecular complexity index is 1170. The smallest absolute Gasteiger partial charge is 0.487 e. The Hall–Kier alpha value is -3.17. The summed E-state index contributed by atoms with van der Waals surface area (Å²) in [6.45, 7) is 2.43. The summed E-state index contributed by atoms with van der Waals surface area (Å²) in [6, 6.07) is 13.2. The molecule has 2 aromatic rings. The number of imide groups is 1. The SMILES string of the molecule is CCCN1C(=O)[C@H]2[C@H](CC(COc3ccccc3)=C3B(O)O[C@H](c4ccc(O)c(F)c4)C[C@H]32)C1=O. The number of hydrogen-bond donors (Lipinski definition) is 2. The Labute approximate surface area is 203 Å². The van der Waals surface area contributed by atoms with E-state index in [1.807, 2.05) is 37.3 Å². The zero-order valence-corrected chi connectivity index (χ0v) is 19.4. The van der Waals surface area contributed by atoms with Gasteiger partial charge in [-0.25, -0.2) is 4.39 Å². The predicted octanol–water partition coefficient (Wildman–Crippen LogP) is 3.42. The van der Waals surface area contributed by atoms with E-state index < -0.39 is 42.5 Å². The van der Waals surface area contributed by atoms with Gasteiger partial charge in [0.1, 0.15) is 12.4 Å². The number of carbonyl (C=O) groups is 2. The molecule has 0 unspecified atom stereocenters. The quantitative estimate of drug-likeness (QED) is 0.487. The summed E-state index contributed by atoms with van der Waals surface area (Å²) < 4.78 is 25.9. The van der Waals surface area contributed by atoms with Gasteiger partial charge in [-0.2, -0.15) is 0 Å². The van der Waals surface area contributed by atoms with Crippen LogP contribution in [0.5, 0.6) is 11.5 Å². The minimum atomic E-state index is -1.32. The fourth-order valence-corrected chi connectivity index (χ4v) is 5.68. The van der Waals surface area contributed by atoms with E-state index in [4.69, 9.17) is 9.39 Å². The zero-order chi connectivity index (χ0) is 24.7. The van der Waals surface area contributed by atoms with Crippen LogP contribution in [0.2, 0.25) is 0 Å². The Balaban J connectivity index is 1.51. The molecule has 2 amide bonds. The molecule has 0 spiro atoms. The standard InChI is InChI=1S/C26H27BFNO6/c1-2-10-29-25(31)19-11-16(14-34-17-6-4-3-5-7-17)24-18(23(19)26(29)32)13-22(35-27(24)33)15-8-9-21(30)20(28)12-15/h3-9,12,18-19,22-23,30,33H,2,10-11,13-14H2,1H3/t18-,19-,22-,23+/m0/s1. The van der Waals surface area contributed by atoms with Crippen LogP contribution < -0.4 is 4.74 Å². The van der Waals surface area contributed by atoms with Crippen molar-refractivity contribution in [3.8, 4) is 11.5 Å². The molecule has 0 aromatic heterocycles. The number of halogens is 1. The van der Waals surface area contributed by atoms with E-state index in [0.29, 0.717) is 42.6 Å². The van der Waals surface area contributed by atoms with Gasteiger partial charge in [-0.15, -0.1) is 0 Å². The molecule has 2 aliphatic heterocycles.